The van der Waals surface area contributed by atoms with Gasteiger partial charge >= 0.3 is 0 Å². The topological polar surface area (TPSA) is 29.0 Å². The van der Waals surface area contributed by atoms with Gasteiger partial charge < -0.3 is 15.2 Å². The van der Waals surface area contributed by atoms with Gasteiger partial charge in [0.1, 0.15) is 0 Å². The molecule has 0 amide bonds. The number of rotatable bonds is 3. The zero-order valence-corrected chi connectivity index (χ0v) is 11.8. The standard InChI is InChI=1S/C17H21N3/c1-18-14-6-3-2-5-13(14)16-7-4-10-20(16)17-11-12-8-9-15(17)19-12/h2-7,10,12,15,17-19H,8-9,11H2,1H3/t12-,15+,17-/m1/s1. The maximum absolute atomic E-state index is 3.74. The summed E-state index contributed by atoms with van der Waals surface area (Å²) in [6, 6.07) is 15.0. The Morgan fingerprint density at radius 2 is 2.05 bits per heavy atom. The molecular formula is C17H21N3. The Kier molecular flexibility index (Phi) is 2.81. The van der Waals surface area contributed by atoms with Crippen molar-refractivity contribution in [3.05, 3.63) is 42.6 Å². The molecule has 0 spiro atoms. The summed E-state index contributed by atoms with van der Waals surface area (Å²) in [5, 5.41) is 7.04. The fourth-order valence-electron chi connectivity index (χ4n) is 3.94. The second-order valence-corrected chi connectivity index (χ2v) is 5.95. The Balaban J connectivity index is 1.75. The van der Waals surface area contributed by atoms with E-state index in [4.69, 9.17) is 0 Å². The minimum atomic E-state index is 0.615. The van der Waals surface area contributed by atoms with Crippen LogP contribution in [0.4, 0.5) is 5.69 Å². The summed E-state index contributed by atoms with van der Waals surface area (Å²) in [7, 11) is 1.99. The first-order chi connectivity index (χ1) is 9.86. The predicted molar refractivity (Wildman–Crippen MR) is 83.0 cm³/mol. The summed E-state index contributed by atoms with van der Waals surface area (Å²) in [5.74, 6) is 0. The number of hydrogen-bond donors (Lipinski definition) is 2. The lowest BCUT2D eigenvalue weighted by Gasteiger charge is -2.25. The third-order valence-corrected chi connectivity index (χ3v) is 4.87. The van der Waals surface area contributed by atoms with E-state index in [-0.39, 0.29) is 0 Å². The summed E-state index contributed by atoms with van der Waals surface area (Å²) >= 11 is 0. The minimum absolute atomic E-state index is 0.615. The van der Waals surface area contributed by atoms with Gasteiger partial charge in [0.15, 0.2) is 0 Å². The quantitative estimate of drug-likeness (QED) is 0.893. The highest BCUT2D eigenvalue weighted by molar-refractivity contribution is 5.76. The van der Waals surface area contributed by atoms with Crippen LogP contribution in [0.1, 0.15) is 25.3 Å². The molecular weight excluding hydrogens is 246 g/mol. The molecule has 2 N–H and O–H groups in total. The van der Waals surface area contributed by atoms with Crippen LogP contribution in [0.3, 0.4) is 0 Å². The van der Waals surface area contributed by atoms with E-state index in [0.29, 0.717) is 12.1 Å². The normalized spacial score (nSPS) is 27.9. The lowest BCUT2D eigenvalue weighted by atomic mass is 9.95. The molecule has 2 aromatic rings. The van der Waals surface area contributed by atoms with Crippen LogP contribution in [0.2, 0.25) is 0 Å². The molecule has 3 heterocycles. The second kappa shape index (κ2) is 4.67. The number of anilines is 1. The SMILES string of the molecule is CNc1ccccc1-c1cccn1[C@@H]1C[C@H]2CC[C@@H]1N2. The Hall–Kier alpha value is -1.74. The number of fused-ring (bicyclic) bond motifs is 2. The smallest absolute Gasteiger partial charge is 0.0504 e. The molecule has 2 aliphatic rings. The largest absolute Gasteiger partial charge is 0.388 e. The fourth-order valence-corrected chi connectivity index (χ4v) is 3.94. The maximum atomic E-state index is 3.74. The molecule has 3 nitrogen and oxygen atoms in total. The molecule has 20 heavy (non-hydrogen) atoms. The Labute approximate surface area is 120 Å². The van der Waals surface area contributed by atoms with Gasteiger partial charge in [-0.05, 0) is 37.5 Å². The first-order valence-electron chi connectivity index (χ1n) is 7.57. The summed E-state index contributed by atoms with van der Waals surface area (Å²) in [5.41, 5.74) is 3.82. The summed E-state index contributed by atoms with van der Waals surface area (Å²) in [4.78, 5) is 0. The molecule has 0 saturated carbocycles. The monoisotopic (exact) mass is 267 g/mol. The average Bonchev–Trinajstić information content (AvgIpc) is 3.22. The van der Waals surface area contributed by atoms with E-state index in [2.05, 4.69) is 57.8 Å². The predicted octanol–water partition coefficient (Wildman–Crippen LogP) is 3.26. The summed E-state index contributed by atoms with van der Waals surface area (Å²) in [6.45, 7) is 0. The van der Waals surface area contributed by atoms with E-state index in [9.17, 15) is 0 Å². The van der Waals surface area contributed by atoms with Crippen molar-refractivity contribution in [2.75, 3.05) is 12.4 Å². The van der Waals surface area contributed by atoms with E-state index in [1.807, 2.05) is 7.05 Å². The van der Waals surface area contributed by atoms with Crippen molar-refractivity contribution in [1.82, 2.24) is 9.88 Å². The van der Waals surface area contributed by atoms with Crippen LogP contribution >= 0.6 is 0 Å². The zero-order valence-electron chi connectivity index (χ0n) is 11.8. The van der Waals surface area contributed by atoms with Gasteiger partial charge in [0.25, 0.3) is 0 Å². The van der Waals surface area contributed by atoms with Crippen LogP contribution in [0.15, 0.2) is 42.6 Å². The molecule has 104 valence electrons. The third kappa shape index (κ3) is 1.77. The highest BCUT2D eigenvalue weighted by Gasteiger charge is 2.40. The highest BCUT2D eigenvalue weighted by Crippen LogP contribution is 2.40. The van der Waals surface area contributed by atoms with Crippen molar-refractivity contribution in [2.45, 2.75) is 37.4 Å². The molecule has 3 atom stereocenters. The van der Waals surface area contributed by atoms with Gasteiger partial charge in [-0.1, -0.05) is 18.2 Å². The number of nitrogens with zero attached hydrogens (tertiary/aromatic N) is 1. The Morgan fingerprint density at radius 3 is 2.80 bits per heavy atom. The maximum Gasteiger partial charge on any atom is 0.0504 e. The lowest BCUT2D eigenvalue weighted by molar-refractivity contribution is 0.401. The molecule has 1 aromatic carbocycles. The van der Waals surface area contributed by atoms with Gasteiger partial charge in [-0.3, -0.25) is 0 Å². The lowest BCUT2D eigenvalue weighted by Crippen LogP contribution is -2.25. The average molecular weight is 267 g/mol. The van der Waals surface area contributed by atoms with Crippen molar-refractivity contribution in [3.8, 4) is 11.3 Å². The Bertz CT molecular complexity index is 616. The number of nitrogens with one attached hydrogen (secondary N) is 2. The van der Waals surface area contributed by atoms with Crippen LogP contribution in [0, 0.1) is 0 Å². The molecule has 2 bridgehead atoms. The van der Waals surface area contributed by atoms with Crippen molar-refractivity contribution in [3.63, 3.8) is 0 Å². The second-order valence-electron chi connectivity index (χ2n) is 5.95. The first-order valence-corrected chi connectivity index (χ1v) is 7.57. The van der Waals surface area contributed by atoms with Gasteiger partial charge in [0, 0.05) is 36.6 Å². The van der Waals surface area contributed by atoms with E-state index >= 15 is 0 Å². The van der Waals surface area contributed by atoms with Crippen LogP contribution < -0.4 is 10.6 Å². The number of aromatic nitrogens is 1. The number of hydrogen-bond acceptors (Lipinski definition) is 2. The Morgan fingerprint density at radius 1 is 1.15 bits per heavy atom. The fraction of sp³-hybridized carbons (Fsp3) is 0.412. The summed E-state index contributed by atoms with van der Waals surface area (Å²) in [6.07, 6.45) is 6.19. The van der Waals surface area contributed by atoms with Gasteiger partial charge in [-0.15, -0.1) is 0 Å². The molecule has 2 aliphatic heterocycles. The molecule has 0 radical (unpaired) electrons. The molecule has 0 unspecified atom stereocenters. The van der Waals surface area contributed by atoms with Gasteiger partial charge in [0.2, 0.25) is 0 Å². The zero-order chi connectivity index (χ0) is 13.5. The third-order valence-electron chi connectivity index (χ3n) is 4.87. The number of para-hydroxylation sites is 1. The molecule has 3 heteroatoms. The van der Waals surface area contributed by atoms with Crippen molar-refractivity contribution >= 4 is 5.69 Å². The van der Waals surface area contributed by atoms with Crippen LogP contribution in [-0.4, -0.2) is 23.7 Å². The van der Waals surface area contributed by atoms with E-state index in [1.165, 1.54) is 36.2 Å². The van der Waals surface area contributed by atoms with Crippen molar-refractivity contribution < 1.29 is 0 Å². The van der Waals surface area contributed by atoms with E-state index in [1.54, 1.807) is 0 Å². The molecule has 0 aliphatic carbocycles. The molecule has 2 fully saturated rings. The summed E-state index contributed by atoms with van der Waals surface area (Å²) < 4.78 is 2.48. The molecule has 1 aromatic heterocycles. The molecule has 4 rings (SSSR count). The minimum Gasteiger partial charge on any atom is -0.388 e. The van der Waals surface area contributed by atoms with E-state index < -0.39 is 0 Å². The van der Waals surface area contributed by atoms with Crippen LogP contribution in [-0.2, 0) is 0 Å². The van der Waals surface area contributed by atoms with E-state index in [0.717, 1.165) is 6.04 Å². The van der Waals surface area contributed by atoms with Crippen LogP contribution in [0.25, 0.3) is 11.3 Å². The van der Waals surface area contributed by atoms with Gasteiger partial charge in [-0.2, -0.15) is 0 Å². The van der Waals surface area contributed by atoms with Crippen molar-refractivity contribution in [1.29, 1.82) is 0 Å². The highest BCUT2D eigenvalue weighted by atomic mass is 15.1. The first kappa shape index (κ1) is 12.0. The van der Waals surface area contributed by atoms with Gasteiger partial charge in [0.05, 0.1) is 11.7 Å². The van der Waals surface area contributed by atoms with Gasteiger partial charge in [-0.25, -0.2) is 0 Å². The van der Waals surface area contributed by atoms with Crippen LogP contribution in [0.5, 0.6) is 0 Å². The molecule has 2 saturated heterocycles. The number of benzene rings is 1. The van der Waals surface area contributed by atoms with Crippen molar-refractivity contribution in [2.24, 2.45) is 0 Å².